The molecule has 0 aliphatic heterocycles. The Balaban J connectivity index is 4.42. The summed E-state index contributed by atoms with van der Waals surface area (Å²) in [6.07, 6.45) is 0. The van der Waals surface area contributed by atoms with Gasteiger partial charge in [0.1, 0.15) is 0 Å². The van der Waals surface area contributed by atoms with Gasteiger partial charge in [0.05, 0.1) is 11.4 Å². The fourth-order valence-electron chi connectivity index (χ4n) is 0.525. The second-order valence-corrected chi connectivity index (χ2v) is 3.45. The van der Waals surface area contributed by atoms with Gasteiger partial charge < -0.3 is 25.3 Å². The Morgan fingerprint density at radius 3 is 1.38 bits per heavy atom. The molecule has 0 amide bonds. The van der Waals surface area contributed by atoms with Gasteiger partial charge in [-0.2, -0.15) is 10.2 Å². The topological polar surface area (TPSA) is 73.5 Å². The lowest BCUT2D eigenvalue weighted by molar-refractivity contribution is 1.02. The predicted octanol–water partition coefficient (Wildman–Crippen LogP) is -0.0172. The molecule has 0 spiro atoms. The van der Waals surface area contributed by atoms with E-state index in [0.717, 1.165) is 0 Å². The molecule has 8 heteroatoms. The van der Waals surface area contributed by atoms with Crippen molar-refractivity contribution in [1.82, 2.24) is 10.9 Å². The van der Waals surface area contributed by atoms with E-state index < -0.39 is 0 Å². The van der Waals surface area contributed by atoms with E-state index in [1.54, 1.807) is 27.9 Å². The summed E-state index contributed by atoms with van der Waals surface area (Å²) >= 11 is 9.62. The Labute approximate surface area is 106 Å². The van der Waals surface area contributed by atoms with E-state index in [-0.39, 0.29) is 0 Å². The number of aliphatic imine (C=N–C) groups is 2. The number of hydrazone groups is 2. The number of nitrogens with one attached hydrogen (secondary N) is 2. The molecule has 0 aromatic heterocycles. The average molecular weight is 258 g/mol. The summed E-state index contributed by atoms with van der Waals surface area (Å²) in [5.74, 6) is 0. The van der Waals surface area contributed by atoms with Gasteiger partial charge in [0.15, 0.2) is 0 Å². The van der Waals surface area contributed by atoms with Gasteiger partial charge in [0.25, 0.3) is 0 Å². The Bertz CT molecular complexity index is 310. The van der Waals surface area contributed by atoms with E-state index >= 15 is 0 Å². The van der Waals surface area contributed by atoms with Crippen LogP contribution in [0.3, 0.4) is 0 Å². The van der Waals surface area contributed by atoms with Crippen LogP contribution in [0.4, 0.5) is 0 Å². The van der Waals surface area contributed by atoms with Crippen LogP contribution in [0.1, 0.15) is 13.8 Å². The summed E-state index contributed by atoms with van der Waals surface area (Å²) in [5, 5.41) is 8.61. The molecule has 0 bridgehead atoms. The third-order valence-electron chi connectivity index (χ3n) is 1.57. The van der Waals surface area contributed by atoms with Crippen LogP contribution in [0, 0.1) is 0 Å². The molecule has 2 N–H and O–H groups in total. The molecule has 6 nitrogen and oxygen atoms in total. The number of hydrogen-bond donors (Lipinski definition) is 2. The van der Waals surface area contributed by atoms with Gasteiger partial charge >= 0.3 is 0 Å². The van der Waals surface area contributed by atoms with Crippen LogP contribution in [0.15, 0.2) is 20.2 Å². The zero-order valence-electron chi connectivity index (χ0n) is 9.61. The van der Waals surface area contributed by atoms with E-state index in [2.05, 4.69) is 31.0 Å². The van der Waals surface area contributed by atoms with Gasteiger partial charge in [0, 0.05) is 14.1 Å². The standard InChI is InChI=1S/C8H16N6S2/c1-5(11-13-7(15)9-3)6(2)12-14-8(16)10-4/h1-4H3,(H2,9,13,15)(H2,10,14,16)/p-2/b11-5-,12-6-. The highest BCUT2D eigenvalue weighted by Gasteiger charge is 1.95. The third-order valence-corrected chi connectivity index (χ3v) is 2.12. The zero-order valence-corrected chi connectivity index (χ0v) is 11.2. The van der Waals surface area contributed by atoms with Gasteiger partial charge in [0.2, 0.25) is 0 Å². The van der Waals surface area contributed by atoms with E-state index in [0.29, 0.717) is 21.8 Å². The molecule has 0 unspecified atom stereocenters. The smallest absolute Gasteiger partial charge is 0.0805 e. The number of rotatable bonds is 3. The Morgan fingerprint density at radius 2 is 1.12 bits per heavy atom. The fourth-order valence-corrected chi connectivity index (χ4v) is 0.616. The number of amidine groups is 2. The molecule has 0 atom stereocenters. The zero-order chi connectivity index (χ0) is 12.6. The van der Waals surface area contributed by atoms with Crippen molar-refractivity contribution in [2.75, 3.05) is 14.1 Å². The van der Waals surface area contributed by atoms with Crippen molar-refractivity contribution in [3.8, 4) is 0 Å². The highest BCUT2D eigenvalue weighted by Crippen LogP contribution is 1.82. The first-order valence-corrected chi connectivity index (χ1v) is 5.21. The van der Waals surface area contributed by atoms with Gasteiger partial charge in [-0.15, -0.1) is 0 Å². The first kappa shape index (κ1) is 14.7. The van der Waals surface area contributed by atoms with E-state index in [4.69, 9.17) is 25.3 Å². The van der Waals surface area contributed by atoms with Crippen molar-refractivity contribution in [2.45, 2.75) is 13.8 Å². The second-order valence-electron chi connectivity index (χ2n) is 2.68. The Morgan fingerprint density at radius 1 is 0.812 bits per heavy atom. The number of hydrogen-bond acceptors (Lipinski definition) is 6. The third kappa shape index (κ3) is 6.25. The lowest BCUT2D eigenvalue weighted by atomic mass is 10.3. The van der Waals surface area contributed by atoms with Gasteiger partial charge in [-0.05, 0) is 24.2 Å². The minimum absolute atomic E-state index is 0.319. The largest absolute Gasteiger partial charge is 0.741 e. The molecule has 0 saturated carbocycles. The van der Waals surface area contributed by atoms with E-state index in [9.17, 15) is 0 Å². The highest BCUT2D eigenvalue weighted by atomic mass is 32.1. The number of nitrogens with zero attached hydrogens (tertiary/aromatic N) is 4. The molecule has 0 aliphatic carbocycles. The summed E-state index contributed by atoms with van der Waals surface area (Å²) in [6, 6.07) is 0. The molecule has 0 aliphatic rings. The minimum Gasteiger partial charge on any atom is -0.741 e. The van der Waals surface area contributed by atoms with Crippen LogP contribution >= 0.6 is 0 Å². The molecule has 16 heavy (non-hydrogen) atoms. The first-order chi connectivity index (χ1) is 7.51. The lowest BCUT2D eigenvalue weighted by Crippen LogP contribution is -2.22. The maximum atomic E-state index is 4.81. The maximum Gasteiger partial charge on any atom is 0.0805 e. The van der Waals surface area contributed by atoms with Crippen molar-refractivity contribution in [3.05, 3.63) is 0 Å². The SMILES string of the molecule is CN=C([S-])N/N=C(C)\C(C)=N/NC([S-])=NC. The lowest BCUT2D eigenvalue weighted by Gasteiger charge is -2.11. The average Bonchev–Trinajstić information content (AvgIpc) is 2.31. The van der Waals surface area contributed by atoms with Crippen LogP contribution in [-0.4, -0.2) is 35.9 Å². The van der Waals surface area contributed by atoms with Crippen LogP contribution in [0.2, 0.25) is 0 Å². The van der Waals surface area contributed by atoms with Crippen LogP contribution in [0.25, 0.3) is 0 Å². The fraction of sp³-hybridized carbons (Fsp3) is 0.500. The molecular weight excluding hydrogens is 244 g/mol. The molecule has 0 aromatic rings. The summed E-state index contributed by atoms with van der Waals surface area (Å²) in [7, 11) is 3.17. The van der Waals surface area contributed by atoms with Crippen LogP contribution in [-0.2, 0) is 25.3 Å². The minimum atomic E-state index is 0.319. The highest BCUT2D eigenvalue weighted by molar-refractivity contribution is 7.77. The molecule has 0 saturated heterocycles. The molecule has 0 radical (unpaired) electrons. The summed E-state index contributed by atoms with van der Waals surface area (Å²) < 4.78 is 0. The normalized spacial score (nSPS) is 15.0. The van der Waals surface area contributed by atoms with Gasteiger partial charge in [-0.25, -0.2) is 0 Å². The Hall–Kier alpha value is -1.28. The van der Waals surface area contributed by atoms with Crippen LogP contribution < -0.4 is 10.9 Å². The Kier molecular flexibility index (Phi) is 7.31. The van der Waals surface area contributed by atoms with Crippen molar-refractivity contribution < 1.29 is 0 Å². The van der Waals surface area contributed by atoms with Crippen molar-refractivity contribution in [2.24, 2.45) is 20.2 Å². The second kappa shape index (κ2) is 7.94. The van der Waals surface area contributed by atoms with Crippen molar-refractivity contribution in [3.63, 3.8) is 0 Å². The van der Waals surface area contributed by atoms with E-state index in [1.165, 1.54) is 0 Å². The summed E-state index contributed by atoms with van der Waals surface area (Å²) in [5.41, 5.74) is 6.56. The van der Waals surface area contributed by atoms with Gasteiger partial charge in [-0.3, -0.25) is 20.8 Å². The quantitative estimate of drug-likeness (QED) is 0.323. The summed E-state index contributed by atoms with van der Waals surface area (Å²) in [4.78, 5) is 7.46. The molecule has 90 valence electrons. The van der Waals surface area contributed by atoms with Crippen LogP contribution in [0.5, 0.6) is 0 Å². The van der Waals surface area contributed by atoms with E-state index in [1.807, 2.05) is 0 Å². The monoisotopic (exact) mass is 258 g/mol. The molecule has 0 fully saturated rings. The van der Waals surface area contributed by atoms with Crippen molar-refractivity contribution in [1.29, 1.82) is 0 Å². The molecule has 0 heterocycles. The van der Waals surface area contributed by atoms with Crippen molar-refractivity contribution >= 4 is 47.0 Å². The van der Waals surface area contributed by atoms with Gasteiger partial charge in [-0.1, -0.05) is 0 Å². The maximum absolute atomic E-state index is 4.81. The molecular formula is C8H14N6S2-2. The predicted molar refractivity (Wildman–Crippen MR) is 73.9 cm³/mol. The summed E-state index contributed by atoms with van der Waals surface area (Å²) in [6.45, 7) is 3.58. The molecule has 0 aromatic carbocycles. The first-order valence-electron chi connectivity index (χ1n) is 4.39. The molecule has 0 rings (SSSR count).